The van der Waals surface area contributed by atoms with Crippen molar-refractivity contribution in [3.05, 3.63) is 0 Å². The van der Waals surface area contributed by atoms with E-state index >= 15 is 0 Å². The Morgan fingerprint density at radius 1 is 1.19 bits per heavy atom. The van der Waals surface area contributed by atoms with Crippen LogP contribution in [-0.2, 0) is 4.74 Å². The molecule has 5 aliphatic carbocycles. The van der Waals surface area contributed by atoms with Crippen molar-refractivity contribution in [1.82, 2.24) is 4.90 Å². The molecule has 5 heteroatoms. The summed E-state index contributed by atoms with van der Waals surface area (Å²) < 4.78 is 5.79. The van der Waals surface area contributed by atoms with Gasteiger partial charge in [0, 0.05) is 49.3 Å². The fourth-order valence-corrected chi connectivity index (χ4v) is 10.1. The van der Waals surface area contributed by atoms with Crippen LogP contribution in [0, 0.1) is 40.4 Å². The van der Waals surface area contributed by atoms with Crippen LogP contribution in [0.3, 0.4) is 0 Å². The second-order valence-corrected chi connectivity index (χ2v) is 11.1. The molecule has 6 fully saturated rings. The molecule has 7 bridgehead atoms. The van der Waals surface area contributed by atoms with E-state index in [4.69, 9.17) is 4.74 Å². The molecule has 3 N–H and O–H groups in total. The van der Waals surface area contributed by atoms with Crippen molar-refractivity contribution in [1.29, 1.82) is 0 Å². The number of hydrogen-bond donors (Lipinski definition) is 3. The predicted octanol–water partition coefficient (Wildman–Crippen LogP) is 1.25. The Bertz CT molecular complexity index is 673. The fourth-order valence-electron chi connectivity index (χ4n) is 10.1. The quantitative estimate of drug-likeness (QED) is 0.676. The van der Waals surface area contributed by atoms with E-state index in [0.717, 1.165) is 38.8 Å². The van der Waals surface area contributed by atoms with Crippen molar-refractivity contribution < 1.29 is 20.1 Å². The third kappa shape index (κ3) is 1.66. The van der Waals surface area contributed by atoms with Crippen LogP contribution >= 0.6 is 0 Å². The maximum absolute atomic E-state index is 12.1. The van der Waals surface area contributed by atoms with Gasteiger partial charge in [0.25, 0.3) is 0 Å². The van der Waals surface area contributed by atoms with Crippen molar-refractivity contribution in [3.63, 3.8) is 0 Å². The molecule has 1 saturated heterocycles. The van der Waals surface area contributed by atoms with Gasteiger partial charge in [-0.15, -0.1) is 0 Å². The minimum atomic E-state index is -0.858. The van der Waals surface area contributed by atoms with Crippen LogP contribution in [0.2, 0.25) is 0 Å². The average molecular weight is 378 g/mol. The molecule has 1 aliphatic heterocycles. The third-order valence-electron chi connectivity index (χ3n) is 10.7. The summed E-state index contributed by atoms with van der Waals surface area (Å²) >= 11 is 0. The fraction of sp³-hybridized carbons (Fsp3) is 1.00. The Hall–Kier alpha value is -0.200. The molecule has 0 aromatic rings. The van der Waals surface area contributed by atoms with E-state index in [1.54, 1.807) is 7.11 Å². The molecule has 0 radical (unpaired) electrons. The third-order valence-corrected chi connectivity index (χ3v) is 10.7. The van der Waals surface area contributed by atoms with Gasteiger partial charge in [0.2, 0.25) is 0 Å². The van der Waals surface area contributed by atoms with Crippen molar-refractivity contribution in [3.8, 4) is 0 Å². The lowest BCUT2D eigenvalue weighted by molar-refractivity contribution is -0.266. The highest BCUT2D eigenvalue weighted by molar-refractivity contribution is 5.32. The molecule has 9 unspecified atom stereocenters. The number of likely N-dealkylation sites (tertiary alicyclic amines) is 1. The number of fused-ring (bicyclic) bond motifs is 2. The molecule has 6 rings (SSSR count). The van der Waals surface area contributed by atoms with Crippen LogP contribution in [0.4, 0.5) is 0 Å². The monoisotopic (exact) mass is 377 g/mol. The molecule has 27 heavy (non-hydrogen) atoms. The predicted molar refractivity (Wildman–Crippen MR) is 99.9 cm³/mol. The Balaban J connectivity index is 1.59. The van der Waals surface area contributed by atoms with Gasteiger partial charge in [-0.25, -0.2) is 0 Å². The van der Waals surface area contributed by atoms with E-state index in [0.29, 0.717) is 12.3 Å². The van der Waals surface area contributed by atoms with Crippen LogP contribution in [0.1, 0.15) is 46.0 Å². The molecule has 0 aromatic heterocycles. The second-order valence-electron chi connectivity index (χ2n) is 11.1. The largest absolute Gasteiger partial charge is 0.392 e. The molecule has 1 spiro atoms. The van der Waals surface area contributed by atoms with Gasteiger partial charge in [-0.05, 0) is 49.5 Å². The van der Waals surface area contributed by atoms with Crippen LogP contribution in [0.5, 0.6) is 0 Å². The van der Waals surface area contributed by atoms with Crippen molar-refractivity contribution in [2.75, 3.05) is 20.2 Å². The van der Waals surface area contributed by atoms with E-state index in [1.807, 2.05) is 0 Å². The Labute approximate surface area is 162 Å². The van der Waals surface area contributed by atoms with E-state index < -0.39 is 11.7 Å². The first-order valence-corrected chi connectivity index (χ1v) is 11.2. The van der Waals surface area contributed by atoms with Crippen molar-refractivity contribution >= 4 is 0 Å². The summed E-state index contributed by atoms with van der Waals surface area (Å²) in [7, 11) is 1.73. The normalized spacial score (nSPS) is 66.2. The van der Waals surface area contributed by atoms with Gasteiger partial charge in [0.15, 0.2) is 0 Å². The van der Waals surface area contributed by atoms with E-state index in [9.17, 15) is 15.3 Å². The Morgan fingerprint density at radius 2 is 1.96 bits per heavy atom. The summed E-state index contributed by atoms with van der Waals surface area (Å²) in [6.45, 7) is 6.74. The number of aliphatic hydroxyl groups is 3. The van der Waals surface area contributed by atoms with Crippen molar-refractivity contribution in [2.45, 2.75) is 75.9 Å². The van der Waals surface area contributed by atoms with E-state index in [1.165, 1.54) is 0 Å². The SMILES string of the molecule is CCN1C[C@]2(C)CCC(O)[C@@]34C5CC6C(OC)C[C@](O)(C(CC23)C14)C5C6O. The summed E-state index contributed by atoms with van der Waals surface area (Å²) in [6, 6.07) is 0.253. The zero-order valence-corrected chi connectivity index (χ0v) is 16.8. The Kier molecular flexibility index (Phi) is 3.33. The summed E-state index contributed by atoms with van der Waals surface area (Å²) in [4.78, 5) is 2.60. The molecule has 6 aliphatic rings. The van der Waals surface area contributed by atoms with Crippen LogP contribution in [0.25, 0.3) is 0 Å². The molecular weight excluding hydrogens is 342 g/mol. The number of methoxy groups -OCH3 is 1. The van der Waals surface area contributed by atoms with Gasteiger partial charge in [-0.2, -0.15) is 0 Å². The van der Waals surface area contributed by atoms with Gasteiger partial charge in [-0.1, -0.05) is 13.8 Å². The molecule has 12 atom stereocenters. The maximum Gasteiger partial charge on any atom is 0.0771 e. The summed E-state index contributed by atoms with van der Waals surface area (Å²) in [6.07, 6.45) is 3.66. The first-order chi connectivity index (χ1) is 12.8. The number of ether oxygens (including phenoxy) is 1. The highest BCUT2D eigenvalue weighted by Crippen LogP contribution is 2.78. The van der Waals surface area contributed by atoms with Crippen molar-refractivity contribution in [2.24, 2.45) is 40.4 Å². The summed E-state index contributed by atoms with van der Waals surface area (Å²) in [5.74, 6) is 0.840. The number of nitrogens with zero attached hydrogens (tertiary/aromatic N) is 1. The summed E-state index contributed by atoms with van der Waals surface area (Å²) in [5, 5.41) is 34.9. The lowest BCUT2D eigenvalue weighted by Crippen LogP contribution is -2.75. The minimum absolute atomic E-state index is 0.0657. The Morgan fingerprint density at radius 3 is 2.67 bits per heavy atom. The highest BCUT2D eigenvalue weighted by Gasteiger charge is 2.82. The van der Waals surface area contributed by atoms with Crippen LogP contribution in [-0.4, -0.2) is 70.4 Å². The zero-order chi connectivity index (χ0) is 18.9. The smallest absolute Gasteiger partial charge is 0.0771 e. The standard InChI is InChI=1S/C22H35NO4/c1-4-23-10-20(2)6-5-16(24)22-12-7-11-14(27-3)9-21(26,17(12)18(11)25)13(19(22)23)8-15(20)22/h11-19,24-26H,4-10H2,1-3H3/t11?,12?,13?,14?,15?,16?,17?,18?,19?,20-,21-,22+/m0/s1. The topological polar surface area (TPSA) is 73.2 Å². The van der Waals surface area contributed by atoms with Gasteiger partial charge in [0.1, 0.15) is 0 Å². The molecule has 152 valence electrons. The molecular formula is C22H35NO4. The zero-order valence-electron chi connectivity index (χ0n) is 16.8. The molecule has 5 nitrogen and oxygen atoms in total. The number of hydrogen-bond acceptors (Lipinski definition) is 5. The van der Waals surface area contributed by atoms with E-state index in [2.05, 4.69) is 18.7 Å². The summed E-state index contributed by atoms with van der Waals surface area (Å²) in [5.41, 5.74) is -0.788. The number of piperidine rings is 1. The lowest BCUT2D eigenvalue weighted by atomic mass is 9.43. The lowest BCUT2D eigenvalue weighted by Gasteiger charge is -2.68. The number of aliphatic hydroxyl groups excluding tert-OH is 2. The van der Waals surface area contributed by atoms with Crippen LogP contribution in [0.15, 0.2) is 0 Å². The molecule has 5 saturated carbocycles. The van der Waals surface area contributed by atoms with Gasteiger partial charge in [-0.3, -0.25) is 4.90 Å². The van der Waals surface area contributed by atoms with Gasteiger partial charge in [0.05, 0.1) is 23.9 Å². The van der Waals surface area contributed by atoms with Gasteiger partial charge >= 0.3 is 0 Å². The molecule has 0 amide bonds. The first-order valence-electron chi connectivity index (χ1n) is 11.2. The minimum Gasteiger partial charge on any atom is -0.392 e. The average Bonchev–Trinajstić information content (AvgIpc) is 3.07. The molecule has 0 aromatic carbocycles. The maximum atomic E-state index is 12.1. The second kappa shape index (κ2) is 5.10. The molecule has 1 heterocycles. The van der Waals surface area contributed by atoms with Crippen LogP contribution < -0.4 is 0 Å². The number of rotatable bonds is 2. The first kappa shape index (κ1) is 17.6. The van der Waals surface area contributed by atoms with E-state index in [-0.39, 0.29) is 52.8 Å². The van der Waals surface area contributed by atoms with Gasteiger partial charge < -0.3 is 20.1 Å². The highest BCUT2D eigenvalue weighted by atomic mass is 16.5.